The molecular formula is C11H15NO5. The van der Waals surface area contributed by atoms with Crippen LogP contribution in [-0.4, -0.2) is 38.4 Å². The fourth-order valence-electron chi connectivity index (χ4n) is 1.13. The molecule has 0 aliphatic rings. The zero-order chi connectivity index (χ0) is 12.7. The summed E-state index contributed by atoms with van der Waals surface area (Å²) in [6.07, 6.45) is 0. The van der Waals surface area contributed by atoms with Crippen LogP contribution in [0.5, 0.6) is 11.5 Å². The van der Waals surface area contributed by atoms with E-state index in [1.165, 1.54) is 26.4 Å². The number of phenols is 1. The smallest absolute Gasteiger partial charge is 0.278 e. The third kappa shape index (κ3) is 3.93. The molecule has 0 spiro atoms. The number of phenolic OH excluding ortho intramolecular Hbond substituents is 1. The summed E-state index contributed by atoms with van der Waals surface area (Å²) in [6.45, 7) is 0.605. The van der Waals surface area contributed by atoms with Crippen molar-refractivity contribution in [3.05, 3.63) is 23.8 Å². The van der Waals surface area contributed by atoms with Crippen molar-refractivity contribution < 1.29 is 24.2 Å². The highest BCUT2D eigenvalue weighted by atomic mass is 16.7. The molecule has 0 heterocycles. The zero-order valence-electron chi connectivity index (χ0n) is 9.73. The third-order valence-electron chi connectivity index (χ3n) is 2.00. The van der Waals surface area contributed by atoms with Crippen LogP contribution < -0.4 is 10.2 Å². The Bertz CT molecular complexity index is 380. The molecule has 0 fully saturated rings. The molecule has 17 heavy (non-hydrogen) atoms. The van der Waals surface area contributed by atoms with Crippen LogP contribution in [0.25, 0.3) is 0 Å². The molecule has 1 aromatic carbocycles. The van der Waals surface area contributed by atoms with Gasteiger partial charge in [-0.05, 0) is 12.1 Å². The van der Waals surface area contributed by atoms with Crippen molar-refractivity contribution in [3.63, 3.8) is 0 Å². The predicted molar refractivity (Wildman–Crippen MR) is 60.0 cm³/mol. The fourth-order valence-corrected chi connectivity index (χ4v) is 1.13. The number of hydroxylamine groups is 1. The second-order valence-electron chi connectivity index (χ2n) is 3.16. The highest BCUT2D eigenvalue weighted by Crippen LogP contribution is 2.23. The van der Waals surface area contributed by atoms with Crippen LogP contribution >= 0.6 is 0 Å². The second kappa shape index (κ2) is 6.72. The molecule has 0 aromatic heterocycles. The second-order valence-corrected chi connectivity index (χ2v) is 3.16. The summed E-state index contributed by atoms with van der Waals surface area (Å²) in [5, 5.41) is 9.57. The molecule has 0 saturated heterocycles. The largest absolute Gasteiger partial charge is 0.507 e. The van der Waals surface area contributed by atoms with Crippen LogP contribution in [0.1, 0.15) is 10.4 Å². The van der Waals surface area contributed by atoms with Gasteiger partial charge in [0.2, 0.25) is 0 Å². The number of benzene rings is 1. The lowest BCUT2D eigenvalue weighted by atomic mass is 10.2. The van der Waals surface area contributed by atoms with Gasteiger partial charge < -0.3 is 14.6 Å². The molecule has 0 unspecified atom stereocenters. The summed E-state index contributed by atoms with van der Waals surface area (Å²) < 4.78 is 9.64. The maximum atomic E-state index is 11.6. The van der Waals surface area contributed by atoms with E-state index < -0.39 is 5.91 Å². The zero-order valence-corrected chi connectivity index (χ0v) is 9.73. The van der Waals surface area contributed by atoms with Crippen LogP contribution in [0, 0.1) is 0 Å². The standard InChI is InChI=1S/C11H15NO5/c1-15-5-6-17-12-11(14)9-4-3-8(16-2)7-10(9)13/h3-4,7,13H,5-6H2,1-2H3,(H,12,14). The van der Waals surface area contributed by atoms with E-state index in [0.717, 1.165) is 0 Å². The number of carbonyl (C=O) groups is 1. The molecule has 6 heteroatoms. The van der Waals surface area contributed by atoms with E-state index in [-0.39, 0.29) is 17.9 Å². The lowest BCUT2D eigenvalue weighted by molar-refractivity contribution is 0.00874. The van der Waals surface area contributed by atoms with Crippen LogP contribution in [0.4, 0.5) is 0 Å². The van der Waals surface area contributed by atoms with Gasteiger partial charge in [0, 0.05) is 13.2 Å². The topological polar surface area (TPSA) is 77.0 Å². The molecule has 1 aromatic rings. The number of aromatic hydroxyl groups is 1. The first-order valence-electron chi connectivity index (χ1n) is 4.97. The first-order chi connectivity index (χ1) is 8.19. The molecule has 94 valence electrons. The summed E-state index contributed by atoms with van der Waals surface area (Å²) in [7, 11) is 3.00. The number of hydrogen-bond donors (Lipinski definition) is 2. The molecule has 0 saturated carbocycles. The van der Waals surface area contributed by atoms with Crippen molar-refractivity contribution in [1.29, 1.82) is 0 Å². The van der Waals surface area contributed by atoms with Gasteiger partial charge in [0.1, 0.15) is 11.5 Å². The van der Waals surface area contributed by atoms with Crippen molar-refractivity contribution in [2.45, 2.75) is 0 Å². The van der Waals surface area contributed by atoms with Crippen LogP contribution in [0.2, 0.25) is 0 Å². The Morgan fingerprint density at radius 1 is 1.35 bits per heavy atom. The maximum Gasteiger partial charge on any atom is 0.278 e. The van der Waals surface area contributed by atoms with Crippen molar-refractivity contribution >= 4 is 5.91 Å². The first-order valence-corrected chi connectivity index (χ1v) is 4.97. The normalized spacial score (nSPS) is 10.0. The Morgan fingerprint density at radius 2 is 2.12 bits per heavy atom. The SMILES string of the molecule is COCCONC(=O)c1ccc(OC)cc1O. The van der Waals surface area contributed by atoms with E-state index in [0.29, 0.717) is 12.4 Å². The Kier molecular flexibility index (Phi) is 5.25. The van der Waals surface area contributed by atoms with Gasteiger partial charge >= 0.3 is 0 Å². The van der Waals surface area contributed by atoms with Gasteiger partial charge in [-0.3, -0.25) is 9.63 Å². The van der Waals surface area contributed by atoms with E-state index in [4.69, 9.17) is 14.3 Å². The van der Waals surface area contributed by atoms with E-state index in [1.54, 1.807) is 6.07 Å². The number of rotatable bonds is 6. The monoisotopic (exact) mass is 241 g/mol. The third-order valence-corrected chi connectivity index (χ3v) is 2.00. The molecule has 0 aliphatic carbocycles. The molecule has 1 amide bonds. The van der Waals surface area contributed by atoms with Crippen molar-refractivity contribution in [3.8, 4) is 11.5 Å². The van der Waals surface area contributed by atoms with E-state index >= 15 is 0 Å². The van der Waals surface area contributed by atoms with E-state index in [9.17, 15) is 9.90 Å². The predicted octanol–water partition coefficient (Wildman–Crippen LogP) is 0.709. The van der Waals surface area contributed by atoms with E-state index in [2.05, 4.69) is 5.48 Å². The summed E-state index contributed by atoms with van der Waals surface area (Å²) in [5.41, 5.74) is 2.31. The van der Waals surface area contributed by atoms with Crippen LogP contribution in [0.15, 0.2) is 18.2 Å². The Morgan fingerprint density at radius 3 is 2.71 bits per heavy atom. The minimum atomic E-state index is -0.527. The highest BCUT2D eigenvalue weighted by molar-refractivity contribution is 5.96. The van der Waals surface area contributed by atoms with Crippen LogP contribution in [0.3, 0.4) is 0 Å². The minimum absolute atomic E-state index is 0.114. The molecule has 0 atom stereocenters. The van der Waals surface area contributed by atoms with Gasteiger partial charge in [0.25, 0.3) is 5.91 Å². The number of methoxy groups -OCH3 is 2. The summed E-state index contributed by atoms with van der Waals surface area (Å²) in [4.78, 5) is 16.4. The Labute approximate surface area is 99.1 Å². The summed E-state index contributed by atoms with van der Waals surface area (Å²) in [6, 6.07) is 4.37. The van der Waals surface area contributed by atoms with Gasteiger partial charge in [-0.1, -0.05) is 0 Å². The summed E-state index contributed by atoms with van der Waals surface area (Å²) in [5.74, 6) is -0.224. The molecule has 0 radical (unpaired) electrons. The van der Waals surface area contributed by atoms with Crippen molar-refractivity contribution in [2.75, 3.05) is 27.4 Å². The average Bonchev–Trinajstić information content (AvgIpc) is 2.34. The fraction of sp³-hybridized carbons (Fsp3) is 0.364. The number of ether oxygens (including phenoxy) is 2. The van der Waals surface area contributed by atoms with Gasteiger partial charge in [-0.15, -0.1) is 0 Å². The number of hydrogen-bond acceptors (Lipinski definition) is 5. The van der Waals surface area contributed by atoms with Gasteiger partial charge in [-0.25, -0.2) is 5.48 Å². The van der Waals surface area contributed by atoms with Gasteiger partial charge in [-0.2, -0.15) is 0 Å². The molecule has 0 bridgehead atoms. The molecule has 0 aliphatic heterocycles. The maximum absolute atomic E-state index is 11.6. The lowest BCUT2D eigenvalue weighted by Crippen LogP contribution is -2.25. The number of amides is 1. The highest BCUT2D eigenvalue weighted by Gasteiger charge is 2.11. The molecule has 2 N–H and O–H groups in total. The minimum Gasteiger partial charge on any atom is -0.507 e. The van der Waals surface area contributed by atoms with Crippen molar-refractivity contribution in [2.24, 2.45) is 0 Å². The molecular weight excluding hydrogens is 226 g/mol. The quantitative estimate of drug-likeness (QED) is 0.566. The molecule has 1 rings (SSSR count). The molecule has 6 nitrogen and oxygen atoms in total. The Hall–Kier alpha value is -1.79. The number of nitrogens with one attached hydrogen (secondary N) is 1. The van der Waals surface area contributed by atoms with Gasteiger partial charge in [0.15, 0.2) is 0 Å². The average molecular weight is 241 g/mol. The van der Waals surface area contributed by atoms with Crippen LogP contribution in [-0.2, 0) is 9.57 Å². The number of carbonyl (C=O) groups excluding carboxylic acids is 1. The first kappa shape index (κ1) is 13.3. The lowest BCUT2D eigenvalue weighted by Gasteiger charge is -2.08. The van der Waals surface area contributed by atoms with E-state index in [1.807, 2.05) is 0 Å². The summed E-state index contributed by atoms with van der Waals surface area (Å²) >= 11 is 0. The van der Waals surface area contributed by atoms with Gasteiger partial charge in [0.05, 0.1) is 25.9 Å². The Balaban J connectivity index is 2.57. The van der Waals surface area contributed by atoms with Crippen molar-refractivity contribution in [1.82, 2.24) is 5.48 Å².